The molecule has 0 heterocycles. The molecule has 1 nitrogen and oxygen atoms in total. The highest BCUT2D eigenvalue weighted by molar-refractivity contribution is 7.85. The number of allylic oxidation sites excluding steroid dienone is 2. The van der Waals surface area contributed by atoms with Crippen LogP contribution in [0.25, 0.3) is 0 Å². The summed E-state index contributed by atoms with van der Waals surface area (Å²) < 4.78 is 12.2. The van der Waals surface area contributed by atoms with Crippen LogP contribution in [0.5, 0.6) is 0 Å². The third-order valence-corrected chi connectivity index (χ3v) is 4.96. The lowest BCUT2D eigenvalue weighted by Gasteiger charge is -2.21. The smallest absolute Gasteiger partial charge is 0.0570 e. The van der Waals surface area contributed by atoms with E-state index in [2.05, 4.69) is 19.6 Å². The molecular formula is C16H20OS. The van der Waals surface area contributed by atoms with Gasteiger partial charge in [0.1, 0.15) is 0 Å². The van der Waals surface area contributed by atoms with Gasteiger partial charge in [0.15, 0.2) is 0 Å². The van der Waals surface area contributed by atoms with Crippen LogP contribution in [0.15, 0.2) is 59.0 Å². The number of rotatable bonds is 4. The van der Waals surface area contributed by atoms with Crippen molar-refractivity contribution in [2.45, 2.75) is 31.1 Å². The van der Waals surface area contributed by atoms with E-state index in [1.165, 1.54) is 11.1 Å². The summed E-state index contributed by atoms with van der Waals surface area (Å²) in [6.45, 7) is 6.13. The van der Waals surface area contributed by atoms with Crippen LogP contribution >= 0.6 is 0 Å². The first-order chi connectivity index (χ1) is 8.66. The van der Waals surface area contributed by atoms with Gasteiger partial charge >= 0.3 is 0 Å². The molecule has 2 heteroatoms. The van der Waals surface area contributed by atoms with E-state index in [0.717, 1.165) is 24.2 Å². The van der Waals surface area contributed by atoms with Gasteiger partial charge in [-0.1, -0.05) is 42.0 Å². The average molecular weight is 260 g/mol. The molecule has 1 aromatic carbocycles. The summed E-state index contributed by atoms with van der Waals surface area (Å²) in [5, 5.41) is 0. The molecule has 1 aliphatic carbocycles. The summed E-state index contributed by atoms with van der Waals surface area (Å²) in [5.74, 6) is 1.31. The van der Waals surface area contributed by atoms with Crippen molar-refractivity contribution < 1.29 is 4.21 Å². The second-order valence-electron chi connectivity index (χ2n) is 4.98. The molecule has 0 aliphatic heterocycles. The maximum absolute atomic E-state index is 12.2. The van der Waals surface area contributed by atoms with Crippen LogP contribution in [-0.4, -0.2) is 9.96 Å². The molecule has 0 fully saturated rings. The molecule has 0 unspecified atom stereocenters. The molecule has 0 N–H and O–H groups in total. The first-order valence-corrected chi connectivity index (χ1v) is 7.75. The van der Waals surface area contributed by atoms with E-state index in [1.807, 2.05) is 30.3 Å². The molecule has 18 heavy (non-hydrogen) atoms. The van der Waals surface area contributed by atoms with Crippen molar-refractivity contribution in [3.05, 3.63) is 54.1 Å². The van der Waals surface area contributed by atoms with Gasteiger partial charge in [-0.25, -0.2) is 0 Å². The lowest BCUT2D eigenvalue weighted by Crippen LogP contribution is -2.10. The van der Waals surface area contributed by atoms with Gasteiger partial charge in [0.2, 0.25) is 0 Å². The van der Waals surface area contributed by atoms with Crippen molar-refractivity contribution >= 4 is 10.8 Å². The fraction of sp³-hybridized carbons (Fsp3) is 0.375. The number of hydrogen-bond acceptors (Lipinski definition) is 1. The Hall–Kier alpha value is -1.15. The summed E-state index contributed by atoms with van der Waals surface area (Å²) in [7, 11) is -0.894. The molecule has 1 aromatic rings. The molecule has 0 saturated heterocycles. The van der Waals surface area contributed by atoms with E-state index in [-0.39, 0.29) is 0 Å². The van der Waals surface area contributed by atoms with Crippen molar-refractivity contribution in [1.82, 2.24) is 0 Å². The van der Waals surface area contributed by atoms with E-state index in [1.54, 1.807) is 0 Å². The minimum Gasteiger partial charge on any atom is -0.254 e. The largest absolute Gasteiger partial charge is 0.254 e. The van der Waals surface area contributed by atoms with Crippen molar-refractivity contribution in [3.63, 3.8) is 0 Å². The average Bonchev–Trinajstić information content (AvgIpc) is 2.40. The SMILES string of the molecule is C=C(C)[C@H]1CC=C(C[S@@](=O)c2ccccc2)CC1. The minimum absolute atomic E-state index is 0.624. The second kappa shape index (κ2) is 6.14. The van der Waals surface area contributed by atoms with Crippen LogP contribution in [-0.2, 0) is 10.8 Å². The lowest BCUT2D eigenvalue weighted by molar-refractivity contribution is 0.540. The Morgan fingerprint density at radius 2 is 2.11 bits per heavy atom. The Bertz CT molecular complexity index is 473. The van der Waals surface area contributed by atoms with Crippen LogP contribution in [0, 0.1) is 5.92 Å². The van der Waals surface area contributed by atoms with Crippen LogP contribution in [0.1, 0.15) is 26.2 Å². The Morgan fingerprint density at radius 1 is 1.39 bits per heavy atom. The monoisotopic (exact) mass is 260 g/mol. The van der Waals surface area contributed by atoms with Gasteiger partial charge in [-0.3, -0.25) is 4.21 Å². The summed E-state index contributed by atoms with van der Waals surface area (Å²) in [6.07, 6.45) is 5.56. The van der Waals surface area contributed by atoms with E-state index in [4.69, 9.17) is 0 Å². The third-order valence-electron chi connectivity index (χ3n) is 3.52. The number of benzene rings is 1. The predicted octanol–water partition coefficient (Wildman–Crippen LogP) is 4.10. The summed E-state index contributed by atoms with van der Waals surface area (Å²) in [5.41, 5.74) is 2.61. The zero-order valence-electron chi connectivity index (χ0n) is 10.9. The topological polar surface area (TPSA) is 17.1 Å². The predicted molar refractivity (Wildman–Crippen MR) is 78.0 cm³/mol. The Kier molecular flexibility index (Phi) is 4.54. The van der Waals surface area contributed by atoms with Crippen molar-refractivity contribution in [2.75, 3.05) is 5.75 Å². The van der Waals surface area contributed by atoms with Gasteiger partial charge in [0, 0.05) is 10.6 Å². The highest BCUT2D eigenvalue weighted by Crippen LogP contribution is 2.28. The van der Waals surface area contributed by atoms with Gasteiger partial charge in [-0.2, -0.15) is 0 Å². The third kappa shape index (κ3) is 3.42. The molecule has 0 spiro atoms. The zero-order valence-corrected chi connectivity index (χ0v) is 11.7. The second-order valence-corrected chi connectivity index (χ2v) is 6.43. The lowest BCUT2D eigenvalue weighted by atomic mass is 9.86. The fourth-order valence-electron chi connectivity index (χ4n) is 2.29. The first kappa shape index (κ1) is 13.3. The summed E-state index contributed by atoms with van der Waals surface area (Å²) >= 11 is 0. The van der Waals surface area contributed by atoms with Gasteiger partial charge in [-0.15, -0.1) is 0 Å². The molecule has 0 radical (unpaired) electrons. The van der Waals surface area contributed by atoms with Gasteiger partial charge in [-0.05, 0) is 44.2 Å². The quantitative estimate of drug-likeness (QED) is 0.745. The van der Waals surface area contributed by atoms with E-state index in [0.29, 0.717) is 11.7 Å². The molecule has 2 atom stereocenters. The maximum Gasteiger partial charge on any atom is 0.0570 e. The van der Waals surface area contributed by atoms with Crippen molar-refractivity contribution in [2.24, 2.45) is 5.92 Å². The standard InChI is InChI=1S/C16H20OS/c1-13(2)15-10-8-14(9-11-15)12-18(17)16-6-4-3-5-7-16/h3-8,15H,1,9-12H2,2H3/t15-,18+/m0/s1. The molecule has 0 aromatic heterocycles. The summed E-state index contributed by atoms with van der Waals surface area (Å²) in [6, 6.07) is 9.73. The van der Waals surface area contributed by atoms with E-state index >= 15 is 0 Å². The van der Waals surface area contributed by atoms with Crippen LogP contribution < -0.4 is 0 Å². The van der Waals surface area contributed by atoms with E-state index in [9.17, 15) is 4.21 Å². The van der Waals surface area contributed by atoms with Crippen molar-refractivity contribution in [3.8, 4) is 0 Å². The summed E-state index contributed by atoms with van der Waals surface area (Å²) in [4.78, 5) is 0.931. The molecule has 1 aliphatic rings. The van der Waals surface area contributed by atoms with E-state index < -0.39 is 10.8 Å². The fourth-order valence-corrected chi connectivity index (χ4v) is 3.52. The Balaban J connectivity index is 1.95. The molecule has 0 saturated carbocycles. The van der Waals surface area contributed by atoms with Crippen LogP contribution in [0.4, 0.5) is 0 Å². The highest BCUT2D eigenvalue weighted by atomic mass is 32.2. The zero-order chi connectivity index (χ0) is 13.0. The molecule has 2 rings (SSSR count). The minimum atomic E-state index is -0.894. The molecule has 96 valence electrons. The number of hydrogen-bond donors (Lipinski definition) is 0. The maximum atomic E-state index is 12.2. The first-order valence-electron chi connectivity index (χ1n) is 6.43. The normalized spacial score (nSPS) is 21.2. The Labute approximate surface area is 112 Å². The molecule has 0 bridgehead atoms. The van der Waals surface area contributed by atoms with Crippen molar-refractivity contribution in [1.29, 1.82) is 0 Å². The van der Waals surface area contributed by atoms with Gasteiger partial charge < -0.3 is 0 Å². The Morgan fingerprint density at radius 3 is 2.67 bits per heavy atom. The molecule has 0 amide bonds. The van der Waals surface area contributed by atoms with Crippen LogP contribution in [0.3, 0.4) is 0 Å². The van der Waals surface area contributed by atoms with Crippen LogP contribution in [0.2, 0.25) is 0 Å². The molecular weight excluding hydrogens is 240 g/mol. The van der Waals surface area contributed by atoms with Gasteiger partial charge in [0.05, 0.1) is 10.8 Å². The highest BCUT2D eigenvalue weighted by Gasteiger charge is 2.16. The van der Waals surface area contributed by atoms with Gasteiger partial charge in [0.25, 0.3) is 0 Å².